The number of carboxylic acid groups (broad SMARTS) is 1. The summed E-state index contributed by atoms with van der Waals surface area (Å²) >= 11 is 0. The molecule has 3 aromatic rings. The molecule has 2 atom stereocenters. The molecule has 2 aromatic carbocycles. The minimum Gasteiger partial charge on any atom is -0.480 e. The Bertz CT molecular complexity index is 1510. The van der Waals surface area contributed by atoms with Crippen LogP contribution in [0.5, 0.6) is 0 Å². The third-order valence-electron chi connectivity index (χ3n) is 8.14. The Kier molecular flexibility index (Phi) is 10.4. The number of benzene rings is 2. The van der Waals surface area contributed by atoms with Crippen LogP contribution in [0.2, 0.25) is 0 Å². The lowest BCUT2D eigenvalue weighted by Crippen LogP contribution is -2.49. The number of piperidine rings is 1. The molecule has 1 aromatic heterocycles. The van der Waals surface area contributed by atoms with Gasteiger partial charge in [-0.15, -0.1) is 0 Å². The van der Waals surface area contributed by atoms with Crippen molar-refractivity contribution in [2.75, 3.05) is 55.4 Å². The Hall–Kier alpha value is -4.78. The molecule has 1 fully saturated rings. The lowest BCUT2D eigenvalue weighted by Gasteiger charge is -2.33. The first-order valence-electron chi connectivity index (χ1n) is 15.1. The van der Waals surface area contributed by atoms with Crippen molar-refractivity contribution >= 4 is 35.2 Å². The Labute approximate surface area is 261 Å². The summed E-state index contributed by atoms with van der Waals surface area (Å²) in [5.41, 5.74) is 3.68. The highest BCUT2D eigenvalue weighted by Crippen LogP contribution is 2.27. The lowest BCUT2D eigenvalue weighted by atomic mass is 9.96. The summed E-state index contributed by atoms with van der Waals surface area (Å²) in [5, 5.41) is 18.3. The van der Waals surface area contributed by atoms with E-state index in [4.69, 9.17) is 4.74 Å². The zero-order valence-corrected chi connectivity index (χ0v) is 25.2. The van der Waals surface area contributed by atoms with E-state index in [9.17, 15) is 19.5 Å². The zero-order chi connectivity index (χ0) is 31.8. The minimum absolute atomic E-state index is 0.0532. The molecule has 45 heavy (non-hydrogen) atoms. The van der Waals surface area contributed by atoms with Crippen LogP contribution < -0.4 is 20.9 Å². The molecule has 13 heteroatoms. The fourth-order valence-corrected chi connectivity index (χ4v) is 5.68. The van der Waals surface area contributed by atoms with Gasteiger partial charge in [-0.3, -0.25) is 4.79 Å². The van der Waals surface area contributed by atoms with E-state index in [0.717, 1.165) is 12.0 Å². The van der Waals surface area contributed by atoms with Crippen LogP contribution in [-0.4, -0.2) is 83.8 Å². The monoisotopic (exact) mass is 619 g/mol. The maximum absolute atomic E-state index is 15.1. The summed E-state index contributed by atoms with van der Waals surface area (Å²) in [6.45, 7) is 2.62. The molecular weight excluding hydrogens is 581 g/mol. The number of carbonyl (C=O) groups excluding carboxylic acids is 2. The maximum Gasteiger partial charge on any atom is 0.326 e. The number of nitrogens with zero attached hydrogens (tertiary/aromatic N) is 4. The van der Waals surface area contributed by atoms with Crippen molar-refractivity contribution in [1.29, 1.82) is 0 Å². The number of anilines is 3. The van der Waals surface area contributed by atoms with Gasteiger partial charge in [0.1, 0.15) is 12.4 Å². The molecule has 238 valence electrons. The smallest absolute Gasteiger partial charge is 0.326 e. The minimum atomic E-state index is -1.16. The number of halogens is 1. The predicted molar refractivity (Wildman–Crippen MR) is 167 cm³/mol. The number of rotatable bonds is 11. The molecular formula is C32H38FN7O5. The highest BCUT2D eigenvalue weighted by molar-refractivity contribution is 5.89. The van der Waals surface area contributed by atoms with Gasteiger partial charge in [-0.25, -0.2) is 19.6 Å². The van der Waals surface area contributed by atoms with Crippen molar-refractivity contribution in [2.24, 2.45) is 5.92 Å². The molecule has 0 bridgehead atoms. The van der Waals surface area contributed by atoms with Crippen LogP contribution in [0, 0.1) is 11.7 Å². The maximum atomic E-state index is 15.1. The quantitative estimate of drug-likeness (QED) is 0.237. The third kappa shape index (κ3) is 8.04. The van der Waals surface area contributed by atoms with Gasteiger partial charge in [-0.2, -0.15) is 4.39 Å². The van der Waals surface area contributed by atoms with Gasteiger partial charge in [0, 0.05) is 51.9 Å². The van der Waals surface area contributed by atoms with Crippen molar-refractivity contribution in [3.05, 3.63) is 77.4 Å². The molecule has 0 spiro atoms. The van der Waals surface area contributed by atoms with Crippen molar-refractivity contribution in [1.82, 2.24) is 20.2 Å². The first kappa shape index (κ1) is 31.6. The van der Waals surface area contributed by atoms with Crippen LogP contribution >= 0.6 is 0 Å². The fraction of sp³-hybridized carbons (Fsp3) is 0.406. The van der Waals surface area contributed by atoms with Crippen molar-refractivity contribution in [3.63, 3.8) is 0 Å². The van der Waals surface area contributed by atoms with E-state index in [1.807, 2.05) is 18.2 Å². The van der Waals surface area contributed by atoms with Crippen LogP contribution in [-0.2, 0) is 33.7 Å². The Balaban J connectivity index is 1.15. The number of hydrogen-bond acceptors (Lipinski definition) is 8. The summed E-state index contributed by atoms with van der Waals surface area (Å²) < 4.78 is 20.1. The number of carbonyl (C=O) groups is 3. The summed E-state index contributed by atoms with van der Waals surface area (Å²) in [6, 6.07) is 13.6. The molecule has 3 heterocycles. The van der Waals surface area contributed by atoms with Crippen molar-refractivity contribution in [3.8, 4) is 0 Å². The van der Waals surface area contributed by atoms with Crippen LogP contribution in [0.15, 0.2) is 54.9 Å². The van der Waals surface area contributed by atoms with Gasteiger partial charge in [0.05, 0.1) is 12.5 Å². The number of hydrogen-bond donors (Lipinski definition) is 4. The second-order valence-corrected chi connectivity index (χ2v) is 11.2. The van der Waals surface area contributed by atoms with Crippen LogP contribution in [0.4, 0.5) is 26.5 Å². The van der Waals surface area contributed by atoms with Gasteiger partial charge >= 0.3 is 12.0 Å². The van der Waals surface area contributed by atoms with Gasteiger partial charge in [-0.1, -0.05) is 36.4 Å². The standard InChI is InChI=1S/C32H38FN7O5/c1-45-16-13-34-28-27(33)29(36-20-35-28)39-14-4-7-24(19-39)30(41)38-26(31(42)43)17-21-8-10-25(11-9-21)37-32(44)40-15-12-22-5-2-3-6-23(22)18-40/h2-3,5-6,8-11,20,24,26H,4,7,12-19H2,1H3,(H,37,44)(H,38,41)(H,42,43)(H,34,35,36)/t24?,26-/m0/s1. The summed E-state index contributed by atoms with van der Waals surface area (Å²) in [4.78, 5) is 49.7. The summed E-state index contributed by atoms with van der Waals surface area (Å²) in [5.74, 6) is -2.58. The van der Waals surface area contributed by atoms with Crippen molar-refractivity contribution in [2.45, 2.75) is 38.3 Å². The van der Waals surface area contributed by atoms with E-state index in [0.29, 0.717) is 56.9 Å². The van der Waals surface area contributed by atoms with Gasteiger partial charge in [0.25, 0.3) is 0 Å². The Morgan fingerprint density at radius 2 is 1.87 bits per heavy atom. The van der Waals surface area contributed by atoms with E-state index < -0.39 is 29.7 Å². The summed E-state index contributed by atoms with van der Waals surface area (Å²) in [7, 11) is 1.55. The molecule has 2 aliphatic rings. The molecule has 5 rings (SSSR count). The number of ether oxygens (including phenoxy) is 1. The van der Waals surface area contributed by atoms with E-state index >= 15 is 4.39 Å². The highest BCUT2D eigenvalue weighted by atomic mass is 19.1. The highest BCUT2D eigenvalue weighted by Gasteiger charge is 2.31. The van der Waals surface area contributed by atoms with Gasteiger partial charge in [0.2, 0.25) is 11.7 Å². The molecule has 0 saturated carbocycles. The summed E-state index contributed by atoms with van der Waals surface area (Å²) in [6.07, 6.45) is 3.28. The average Bonchev–Trinajstić information content (AvgIpc) is 3.06. The van der Waals surface area contributed by atoms with Gasteiger partial charge < -0.3 is 35.6 Å². The largest absolute Gasteiger partial charge is 0.480 e. The molecule has 0 aliphatic carbocycles. The average molecular weight is 620 g/mol. The molecule has 1 unspecified atom stereocenters. The Morgan fingerprint density at radius 1 is 1.09 bits per heavy atom. The molecule has 0 radical (unpaired) electrons. The lowest BCUT2D eigenvalue weighted by molar-refractivity contribution is -0.142. The van der Waals surface area contributed by atoms with Crippen LogP contribution in [0.25, 0.3) is 0 Å². The van der Waals surface area contributed by atoms with E-state index in [-0.39, 0.29) is 30.6 Å². The van der Waals surface area contributed by atoms with Crippen LogP contribution in [0.1, 0.15) is 29.5 Å². The van der Waals surface area contributed by atoms with E-state index in [1.165, 1.54) is 11.9 Å². The molecule has 3 amide bonds. The zero-order valence-electron chi connectivity index (χ0n) is 25.2. The first-order valence-corrected chi connectivity index (χ1v) is 15.1. The number of fused-ring (bicyclic) bond motifs is 1. The number of carboxylic acids is 1. The van der Waals surface area contributed by atoms with Crippen LogP contribution in [0.3, 0.4) is 0 Å². The SMILES string of the molecule is COCCNc1ncnc(N2CCCC(C(=O)N[C@@H](Cc3ccc(NC(=O)N4CCc5ccccc5C4)cc3)C(=O)O)C2)c1F. The topological polar surface area (TPSA) is 149 Å². The molecule has 12 nitrogen and oxygen atoms in total. The number of aromatic nitrogens is 2. The number of nitrogens with one attached hydrogen (secondary N) is 3. The third-order valence-corrected chi connectivity index (χ3v) is 8.14. The first-order chi connectivity index (χ1) is 21.8. The molecule has 2 aliphatic heterocycles. The van der Waals surface area contributed by atoms with E-state index in [2.05, 4.69) is 32.0 Å². The van der Waals surface area contributed by atoms with Gasteiger partial charge in [-0.05, 0) is 48.1 Å². The van der Waals surface area contributed by atoms with Crippen molar-refractivity contribution < 1.29 is 28.6 Å². The van der Waals surface area contributed by atoms with Gasteiger partial charge in [0.15, 0.2) is 11.6 Å². The molecule has 1 saturated heterocycles. The number of amides is 3. The second kappa shape index (κ2) is 14.8. The number of methoxy groups -OCH3 is 1. The normalized spacial score (nSPS) is 16.8. The number of aliphatic carboxylic acids is 1. The van der Waals surface area contributed by atoms with E-state index in [1.54, 1.807) is 41.2 Å². The number of urea groups is 1. The fourth-order valence-electron chi connectivity index (χ4n) is 5.68. The predicted octanol–water partition coefficient (Wildman–Crippen LogP) is 3.29. The second-order valence-electron chi connectivity index (χ2n) is 11.2. The molecule has 4 N–H and O–H groups in total. The Morgan fingerprint density at radius 3 is 2.62 bits per heavy atom.